The van der Waals surface area contributed by atoms with Crippen molar-refractivity contribution in [2.45, 2.75) is 51.7 Å². The quantitative estimate of drug-likeness (QED) is 0.503. The summed E-state index contributed by atoms with van der Waals surface area (Å²) in [6.45, 7) is 2.43. The summed E-state index contributed by atoms with van der Waals surface area (Å²) in [5.41, 5.74) is 1.00. The molecule has 23 heavy (non-hydrogen) atoms. The SMILES string of the molecule is CCCCCC[C@H](NC(=O)COCc1ccccc1)C(=O)OC. The maximum Gasteiger partial charge on any atom is 0.328 e. The fraction of sp³-hybridized carbons (Fsp3) is 0.556. The summed E-state index contributed by atoms with van der Waals surface area (Å²) >= 11 is 0. The minimum absolute atomic E-state index is 0.0721. The second kappa shape index (κ2) is 11.7. The number of rotatable bonds is 11. The third-order valence-corrected chi connectivity index (χ3v) is 3.51. The van der Waals surface area contributed by atoms with Crippen LogP contribution in [-0.4, -0.2) is 31.6 Å². The van der Waals surface area contributed by atoms with Gasteiger partial charge in [-0.05, 0) is 12.0 Å². The molecule has 0 aliphatic heterocycles. The third kappa shape index (κ3) is 8.35. The molecule has 0 bridgehead atoms. The van der Waals surface area contributed by atoms with E-state index in [0.717, 1.165) is 31.2 Å². The van der Waals surface area contributed by atoms with Crippen molar-refractivity contribution in [3.8, 4) is 0 Å². The Hall–Kier alpha value is -1.88. The molecule has 1 rings (SSSR count). The molecule has 0 unspecified atom stereocenters. The number of amides is 1. The van der Waals surface area contributed by atoms with E-state index in [0.29, 0.717) is 13.0 Å². The van der Waals surface area contributed by atoms with Gasteiger partial charge in [-0.3, -0.25) is 4.79 Å². The number of hydrogen-bond acceptors (Lipinski definition) is 4. The minimum Gasteiger partial charge on any atom is -0.467 e. The first-order chi connectivity index (χ1) is 11.2. The zero-order chi connectivity index (χ0) is 16.9. The molecule has 0 aromatic heterocycles. The van der Waals surface area contributed by atoms with Gasteiger partial charge in [0.25, 0.3) is 0 Å². The molecule has 128 valence electrons. The Morgan fingerprint density at radius 3 is 2.52 bits per heavy atom. The number of carbonyl (C=O) groups is 2. The molecule has 1 N–H and O–H groups in total. The lowest BCUT2D eigenvalue weighted by molar-refractivity contribution is -0.146. The largest absolute Gasteiger partial charge is 0.467 e. The molecule has 0 fully saturated rings. The van der Waals surface area contributed by atoms with E-state index in [4.69, 9.17) is 9.47 Å². The lowest BCUT2D eigenvalue weighted by Crippen LogP contribution is -2.43. The second-order valence-electron chi connectivity index (χ2n) is 5.47. The van der Waals surface area contributed by atoms with E-state index in [1.807, 2.05) is 30.3 Å². The number of nitrogens with one attached hydrogen (secondary N) is 1. The Morgan fingerprint density at radius 1 is 1.13 bits per heavy atom. The highest BCUT2D eigenvalue weighted by molar-refractivity contribution is 5.84. The first-order valence-electron chi connectivity index (χ1n) is 8.16. The number of unbranched alkanes of at least 4 members (excludes halogenated alkanes) is 3. The molecule has 0 radical (unpaired) electrons. The van der Waals surface area contributed by atoms with E-state index in [2.05, 4.69) is 12.2 Å². The Balaban J connectivity index is 2.32. The number of methoxy groups -OCH3 is 1. The van der Waals surface area contributed by atoms with Crippen LogP contribution < -0.4 is 5.32 Å². The maximum atomic E-state index is 11.9. The number of benzene rings is 1. The normalized spacial score (nSPS) is 11.7. The van der Waals surface area contributed by atoms with Gasteiger partial charge in [0.2, 0.25) is 5.91 Å². The molecule has 1 atom stereocenters. The summed E-state index contributed by atoms with van der Waals surface area (Å²) in [5, 5.41) is 2.69. The standard InChI is InChI=1S/C18H27NO4/c1-3-4-5-9-12-16(18(21)22-2)19-17(20)14-23-13-15-10-7-6-8-11-15/h6-8,10-11,16H,3-5,9,12-14H2,1-2H3,(H,19,20)/t16-/m0/s1. The Bertz CT molecular complexity index is 461. The van der Waals surface area contributed by atoms with Crippen molar-refractivity contribution in [2.75, 3.05) is 13.7 Å². The van der Waals surface area contributed by atoms with Crippen LogP contribution in [0.15, 0.2) is 30.3 Å². The van der Waals surface area contributed by atoms with Crippen molar-refractivity contribution in [1.29, 1.82) is 0 Å². The molecule has 0 saturated heterocycles. The van der Waals surface area contributed by atoms with Gasteiger partial charge >= 0.3 is 5.97 Å². The van der Waals surface area contributed by atoms with Gasteiger partial charge in [0.15, 0.2) is 0 Å². The highest BCUT2D eigenvalue weighted by Crippen LogP contribution is 2.07. The van der Waals surface area contributed by atoms with E-state index >= 15 is 0 Å². The lowest BCUT2D eigenvalue weighted by Gasteiger charge is -2.16. The average molecular weight is 321 g/mol. The van der Waals surface area contributed by atoms with Crippen molar-refractivity contribution in [3.05, 3.63) is 35.9 Å². The van der Waals surface area contributed by atoms with Crippen molar-refractivity contribution >= 4 is 11.9 Å². The average Bonchev–Trinajstić information content (AvgIpc) is 2.58. The molecular formula is C18H27NO4. The van der Waals surface area contributed by atoms with E-state index in [1.54, 1.807) is 0 Å². The molecule has 1 aromatic rings. The zero-order valence-electron chi connectivity index (χ0n) is 14.0. The molecule has 0 aliphatic rings. The minimum atomic E-state index is -0.593. The second-order valence-corrected chi connectivity index (χ2v) is 5.47. The fourth-order valence-electron chi connectivity index (χ4n) is 2.24. The Kier molecular flexibility index (Phi) is 9.71. The zero-order valence-corrected chi connectivity index (χ0v) is 14.0. The summed E-state index contributed by atoms with van der Waals surface area (Å²) in [6, 6.07) is 9.04. The number of hydrogen-bond donors (Lipinski definition) is 1. The Labute approximate surface area is 138 Å². The van der Waals surface area contributed by atoms with Crippen molar-refractivity contribution < 1.29 is 19.1 Å². The van der Waals surface area contributed by atoms with Gasteiger partial charge in [-0.2, -0.15) is 0 Å². The van der Waals surface area contributed by atoms with E-state index in [1.165, 1.54) is 7.11 Å². The molecule has 0 aliphatic carbocycles. The third-order valence-electron chi connectivity index (χ3n) is 3.51. The first-order valence-corrected chi connectivity index (χ1v) is 8.16. The molecule has 0 saturated carbocycles. The topological polar surface area (TPSA) is 64.6 Å². The van der Waals surface area contributed by atoms with Crippen LogP contribution >= 0.6 is 0 Å². The summed E-state index contributed by atoms with van der Waals surface area (Å²) in [6.07, 6.45) is 4.78. The number of carbonyl (C=O) groups excluding carboxylic acids is 2. The highest BCUT2D eigenvalue weighted by atomic mass is 16.5. The van der Waals surface area contributed by atoms with Gasteiger partial charge < -0.3 is 14.8 Å². The predicted octanol–water partition coefficient (Wildman–Crippen LogP) is 2.83. The van der Waals surface area contributed by atoms with E-state index < -0.39 is 12.0 Å². The summed E-state index contributed by atoms with van der Waals surface area (Å²) in [7, 11) is 1.33. The molecule has 0 heterocycles. The summed E-state index contributed by atoms with van der Waals surface area (Å²) < 4.78 is 10.1. The van der Waals surface area contributed by atoms with Crippen LogP contribution in [0.25, 0.3) is 0 Å². The van der Waals surface area contributed by atoms with Crippen LogP contribution in [0.2, 0.25) is 0 Å². The van der Waals surface area contributed by atoms with E-state index in [9.17, 15) is 9.59 Å². The van der Waals surface area contributed by atoms with E-state index in [-0.39, 0.29) is 12.5 Å². The van der Waals surface area contributed by atoms with Crippen LogP contribution in [0.1, 0.15) is 44.6 Å². The van der Waals surface area contributed by atoms with Gasteiger partial charge in [-0.1, -0.05) is 62.9 Å². The van der Waals surface area contributed by atoms with Crippen LogP contribution in [0, 0.1) is 0 Å². The van der Waals surface area contributed by atoms with Crippen LogP contribution in [-0.2, 0) is 25.7 Å². The molecule has 0 spiro atoms. The number of esters is 1. The first kappa shape index (κ1) is 19.2. The molecule has 5 heteroatoms. The van der Waals surface area contributed by atoms with Gasteiger partial charge in [0, 0.05) is 0 Å². The molecule has 1 amide bonds. The van der Waals surface area contributed by atoms with Gasteiger partial charge in [-0.15, -0.1) is 0 Å². The van der Waals surface area contributed by atoms with Crippen molar-refractivity contribution in [1.82, 2.24) is 5.32 Å². The predicted molar refractivity (Wildman–Crippen MR) is 88.8 cm³/mol. The van der Waals surface area contributed by atoms with Gasteiger partial charge in [-0.25, -0.2) is 4.79 Å². The fourth-order valence-corrected chi connectivity index (χ4v) is 2.24. The number of ether oxygens (including phenoxy) is 2. The molecular weight excluding hydrogens is 294 g/mol. The molecule has 1 aromatic carbocycles. The van der Waals surface area contributed by atoms with Gasteiger partial charge in [0.05, 0.1) is 13.7 Å². The van der Waals surface area contributed by atoms with Crippen LogP contribution in [0.5, 0.6) is 0 Å². The van der Waals surface area contributed by atoms with Crippen molar-refractivity contribution in [2.24, 2.45) is 0 Å². The van der Waals surface area contributed by atoms with Crippen LogP contribution in [0.3, 0.4) is 0 Å². The highest BCUT2D eigenvalue weighted by Gasteiger charge is 2.20. The summed E-state index contributed by atoms with van der Waals surface area (Å²) in [4.78, 5) is 23.6. The lowest BCUT2D eigenvalue weighted by atomic mass is 10.1. The Morgan fingerprint density at radius 2 is 1.87 bits per heavy atom. The van der Waals surface area contributed by atoms with Crippen molar-refractivity contribution in [3.63, 3.8) is 0 Å². The maximum absolute atomic E-state index is 11.9. The summed E-state index contributed by atoms with van der Waals surface area (Å²) in [5.74, 6) is -0.704. The monoisotopic (exact) mass is 321 g/mol. The molecule has 5 nitrogen and oxygen atoms in total. The smallest absolute Gasteiger partial charge is 0.328 e. The van der Waals surface area contributed by atoms with Gasteiger partial charge in [0.1, 0.15) is 12.6 Å². The van der Waals surface area contributed by atoms with Crippen LogP contribution in [0.4, 0.5) is 0 Å².